The van der Waals surface area contributed by atoms with Gasteiger partial charge in [-0.2, -0.15) is 5.10 Å². The lowest BCUT2D eigenvalue weighted by molar-refractivity contribution is -0.138. The van der Waals surface area contributed by atoms with Gasteiger partial charge < -0.3 is 14.7 Å². The molecule has 0 bridgehead atoms. The molecule has 0 aliphatic heterocycles. The van der Waals surface area contributed by atoms with Crippen molar-refractivity contribution in [1.29, 1.82) is 0 Å². The Morgan fingerprint density at radius 3 is 2.38 bits per heavy atom. The Bertz CT molecular complexity index is 1210. The molecule has 0 aliphatic rings. The third-order valence-electron chi connectivity index (χ3n) is 5.27. The van der Waals surface area contributed by atoms with Crippen LogP contribution in [-0.2, 0) is 13.9 Å². The lowest BCUT2D eigenvalue weighted by atomic mass is 10.00. The molecule has 1 aromatic heterocycles. The monoisotopic (exact) mass is 486 g/mol. The van der Waals surface area contributed by atoms with Gasteiger partial charge in [0.1, 0.15) is 5.82 Å². The Balaban J connectivity index is 2.17. The quantitative estimate of drug-likeness (QED) is 0.365. The van der Waals surface area contributed by atoms with Crippen molar-refractivity contribution in [1.82, 2.24) is 9.78 Å². The van der Waals surface area contributed by atoms with Crippen molar-refractivity contribution in [2.24, 2.45) is 0 Å². The average Bonchev–Trinajstić information content (AvgIpc) is 3.18. The number of aromatic nitrogens is 2. The topological polar surface area (TPSA) is 102 Å². The molecule has 2 N–H and O–H groups in total. The maximum atomic E-state index is 13.7. The molecule has 0 aliphatic carbocycles. The normalized spacial score (nSPS) is 14.4. The standard InChI is InChI=1S/C25H28FN2O5P/c1-17(2)24-22(13-14-34(32,33-3)16-21(29)15-23(30)31)25(18-9-11-19(26)12-10-18)28(27-24)20-7-5-4-6-8-20/h4-14,17,21,29H,15-16H2,1-3H3,(H,30,31). The molecular formula is C25H28FN2O5P. The summed E-state index contributed by atoms with van der Waals surface area (Å²) >= 11 is 0. The van der Waals surface area contributed by atoms with Crippen LogP contribution in [-0.4, -0.2) is 45.3 Å². The lowest BCUT2D eigenvalue weighted by Crippen LogP contribution is -2.17. The van der Waals surface area contributed by atoms with Crippen molar-refractivity contribution in [2.45, 2.75) is 32.3 Å². The zero-order chi connectivity index (χ0) is 24.9. The van der Waals surface area contributed by atoms with Crippen LogP contribution in [0.15, 0.2) is 60.4 Å². The first-order valence-corrected chi connectivity index (χ1v) is 12.7. The third-order valence-corrected chi connectivity index (χ3v) is 7.42. The van der Waals surface area contributed by atoms with E-state index in [4.69, 9.17) is 14.7 Å². The highest BCUT2D eigenvalue weighted by Gasteiger charge is 2.26. The number of carboxylic acid groups (broad SMARTS) is 1. The molecule has 0 spiro atoms. The number of nitrogens with zero attached hydrogens (tertiary/aromatic N) is 2. The van der Waals surface area contributed by atoms with E-state index in [1.807, 2.05) is 44.2 Å². The van der Waals surface area contributed by atoms with Crippen molar-refractivity contribution in [3.63, 3.8) is 0 Å². The molecule has 34 heavy (non-hydrogen) atoms. The van der Waals surface area contributed by atoms with E-state index in [9.17, 15) is 18.9 Å². The van der Waals surface area contributed by atoms with Crippen molar-refractivity contribution >= 4 is 19.4 Å². The number of aliphatic hydroxyl groups excluding tert-OH is 1. The maximum absolute atomic E-state index is 13.7. The minimum atomic E-state index is -3.50. The second-order valence-corrected chi connectivity index (χ2v) is 10.7. The van der Waals surface area contributed by atoms with E-state index in [0.717, 1.165) is 11.4 Å². The van der Waals surface area contributed by atoms with Gasteiger partial charge in [0, 0.05) is 24.1 Å². The smallest absolute Gasteiger partial charge is 0.305 e. The van der Waals surface area contributed by atoms with Crippen LogP contribution in [0.3, 0.4) is 0 Å². The number of aliphatic carboxylic acids is 1. The summed E-state index contributed by atoms with van der Waals surface area (Å²) in [5, 5.41) is 23.7. The Hall–Kier alpha value is -3.06. The minimum absolute atomic E-state index is 0.00309. The molecule has 1 heterocycles. The van der Waals surface area contributed by atoms with Crippen LogP contribution >= 0.6 is 7.37 Å². The van der Waals surface area contributed by atoms with Crippen LogP contribution in [0.2, 0.25) is 0 Å². The third kappa shape index (κ3) is 6.08. The molecule has 3 rings (SSSR count). The zero-order valence-corrected chi connectivity index (χ0v) is 20.2. The number of halogens is 1. The molecule has 0 saturated heterocycles. The maximum Gasteiger partial charge on any atom is 0.305 e. The largest absolute Gasteiger partial charge is 0.481 e. The highest BCUT2D eigenvalue weighted by molar-refractivity contribution is 7.62. The van der Waals surface area contributed by atoms with Gasteiger partial charge in [-0.05, 0) is 48.4 Å². The predicted molar refractivity (Wildman–Crippen MR) is 130 cm³/mol. The summed E-state index contributed by atoms with van der Waals surface area (Å²) in [6.07, 6.45) is -0.549. The summed E-state index contributed by atoms with van der Waals surface area (Å²) in [4.78, 5) is 10.9. The van der Waals surface area contributed by atoms with Crippen molar-refractivity contribution < 1.29 is 28.5 Å². The SMILES string of the molecule is COP(=O)(C=Cc1c(C(C)C)nn(-c2ccccc2)c1-c1ccc(F)cc1)CC(O)CC(=O)O. The van der Waals surface area contributed by atoms with E-state index in [-0.39, 0.29) is 17.9 Å². The summed E-state index contributed by atoms with van der Waals surface area (Å²) in [5.41, 5.74) is 3.60. The number of carboxylic acids is 1. The van der Waals surface area contributed by atoms with Gasteiger partial charge in [0.05, 0.1) is 35.8 Å². The molecule has 0 radical (unpaired) electrons. The van der Waals surface area contributed by atoms with Gasteiger partial charge in [-0.25, -0.2) is 9.07 Å². The summed E-state index contributed by atoms with van der Waals surface area (Å²) in [7, 11) is -2.24. The molecule has 9 heteroatoms. The van der Waals surface area contributed by atoms with Gasteiger partial charge in [0.25, 0.3) is 0 Å². The van der Waals surface area contributed by atoms with E-state index in [0.29, 0.717) is 16.8 Å². The second-order valence-electron chi connectivity index (χ2n) is 8.22. The van der Waals surface area contributed by atoms with Gasteiger partial charge in [-0.3, -0.25) is 9.36 Å². The van der Waals surface area contributed by atoms with E-state index in [1.54, 1.807) is 22.9 Å². The van der Waals surface area contributed by atoms with Crippen molar-refractivity contribution in [2.75, 3.05) is 13.3 Å². The number of hydrogen-bond acceptors (Lipinski definition) is 5. The van der Waals surface area contributed by atoms with E-state index < -0.39 is 25.9 Å². The van der Waals surface area contributed by atoms with Crippen molar-refractivity contribution in [3.8, 4) is 16.9 Å². The number of aliphatic hydroxyl groups is 1. The summed E-state index contributed by atoms with van der Waals surface area (Å²) in [6.45, 7) is 3.96. The van der Waals surface area contributed by atoms with Crippen LogP contribution < -0.4 is 0 Å². The minimum Gasteiger partial charge on any atom is -0.481 e. The molecule has 180 valence electrons. The number of benzene rings is 2. The fourth-order valence-electron chi connectivity index (χ4n) is 3.62. The highest BCUT2D eigenvalue weighted by atomic mass is 31.2. The van der Waals surface area contributed by atoms with Gasteiger partial charge in [0.2, 0.25) is 7.37 Å². The molecule has 7 nitrogen and oxygen atoms in total. The molecule has 2 unspecified atom stereocenters. The molecule has 3 aromatic rings. The molecular weight excluding hydrogens is 458 g/mol. The van der Waals surface area contributed by atoms with E-state index in [1.165, 1.54) is 25.1 Å². The van der Waals surface area contributed by atoms with Gasteiger partial charge in [-0.15, -0.1) is 0 Å². The Morgan fingerprint density at radius 2 is 1.82 bits per heavy atom. The molecule has 2 aromatic carbocycles. The second kappa shape index (κ2) is 10.9. The fourth-order valence-corrected chi connectivity index (χ4v) is 5.11. The highest BCUT2D eigenvalue weighted by Crippen LogP contribution is 2.49. The summed E-state index contributed by atoms with van der Waals surface area (Å²) < 4.78 is 33.9. The number of carbonyl (C=O) groups is 1. The predicted octanol–water partition coefficient (Wildman–Crippen LogP) is 5.53. The number of para-hydroxylation sites is 1. The fraction of sp³-hybridized carbons (Fsp3) is 0.280. The lowest BCUT2D eigenvalue weighted by Gasteiger charge is -2.15. The molecule has 0 amide bonds. The molecule has 0 saturated carbocycles. The number of rotatable bonds is 10. The summed E-state index contributed by atoms with van der Waals surface area (Å²) in [5.74, 6) is -0.178. The van der Waals surface area contributed by atoms with Gasteiger partial charge in [-0.1, -0.05) is 32.0 Å². The first-order valence-electron chi connectivity index (χ1n) is 10.8. The van der Waals surface area contributed by atoms with E-state index >= 15 is 0 Å². The number of hydrogen-bond donors (Lipinski definition) is 2. The van der Waals surface area contributed by atoms with Crippen LogP contribution in [0.25, 0.3) is 23.0 Å². The molecule has 2 atom stereocenters. The van der Waals surface area contributed by atoms with Gasteiger partial charge >= 0.3 is 5.97 Å². The molecule has 0 fully saturated rings. The van der Waals surface area contributed by atoms with Crippen LogP contribution in [0.4, 0.5) is 4.39 Å². The van der Waals surface area contributed by atoms with Crippen molar-refractivity contribution in [3.05, 3.63) is 77.5 Å². The first kappa shape index (κ1) is 25.6. The van der Waals surface area contributed by atoms with Crippen LogP contribution in [0.5, 0.6) is 0 Å². The van der Waals surface area contributed by atoms with Crippen LogP contribution in [0, 0.1) is 5.82 Å². The van der Waals surface area contributed by atoms with Crippen LogP contribution in [0.1, 0.15) is 37.4 Å². The first-order chi connectivity index (χ1) is 16.1. The Labute approximate surface area is 198 Å². The Kier molecular flexibility index (Phi) is 8.20. The average molecular weight is 486 g/mol. The van der Waals surface area contributed by atoms with E-state index in [2.05, 4.69) is 0 Å². The zero-order valence-electron chi connectivity index (χ0n) is 19.3. The Morgan fingerprint density at radius 1 is 1.18 bits per heavy atom. The van der Waals surface area contributed by atoms with Gasteiger partial charge in [0.15, 0.2) is 0 Å². The summed E-state index contributed by atoms with van der Waals surface area (Å²) in [6, 6.07) is 15.5.